The van der Waals surface area contributed by atoms with Gasteiger partial charge < -0.3 is 24.6 Å². The molecule has 0 unspecified atom stereocenters. The first-order valence-corrected chi connectivity index (χ1v) is 10.7. The van der Waals surface area contributed by atoms with E-state index in [9.17, 15) is 31.1 Å². The first-order valence-electron chi connectivity index (χ1n) is 10.7. The van der Waals surface area contributed by atoms with Crippen LogP contribution in [-0.2, 0) is 30.4 Å². The molecule has 1 aromatic heterocycles. The lowest BCUT2D eigenvalue weighted by Crippen LogP contribution is -2.51. The van der Waals surface area contributed by atoms with Gasteiger partial charge in [-0.25, -0.2) is 9.59 Å². The van der Waals surface area contributed by atoms with Crippen LogP contribution in [0.25, 0.3) is 0 Å². The number of halogens is 6. The fourth-order valence-electron chi connectivity index (χ4n) is 3.40. The number of fused-ring (bicyclic) bond motifs is 1. The number of pyridine rings is 1. The molecule has 1 aliphatic carbocycles. The van der Waals surface area contributed by atoms with Crippen molar-refractivity contribution in [1.29, 1.82) is 0 Å². The molecule has 1 amide bonds. The molecule has 16 heteroatoms. The molecule has 10 nitrogen and oxygen atoms in total. The van der Waals surface area contributed by atoms with Crippen LogP contribution in [0.3, 0.4) is 0 Å². The smallest absolute Gasteiger partial charge is 0.475 e. The Morgan fingerprint density at radius 3 is 2.03 bits per heavy atom. The molecule has 0 spiro atoms. The number of amides is 1. The second-order valence-electron chi connectivity index (χ2n) is 8.05. The number of hydrogen-bond donors (Lipinski definition) is 2. The summed E-state index contributed by atoms with van der Waals surface area (Å²) in [4.78, 5) is 37.6. The topological polar surface area (TPSA) is 130 Å². The van der Waals surface area contributed by atoms with Crippen molar-refractivity contribution >= 4 is 17.8 Å². The number of morpholine rings is 1. The number of carbonyl (C=O) groups excluding carboxylic acids is 1. The van der Waals surface area contributed by atoms with Gasteiger partial charge in [0, 0.05) is 45.6 Å². The molecule has 1 saturated carbocycles. The fourth-order valence-corrected chi connectivity index (χ4v) is 3.40. The number of likely N-dealkylation sites (N-methyl/N-ethyl adjacent to an activating group) is 1. The van der Waals surface area contributed by atoms with Crippen LogP contribution >= 0.6 is 0 Å². The number of carboxylic acids is 2. The summed E-state index contributed by atoms with van der Waals surface area (Å²) in [7, 11) is 3.49. The van der Waals surface area contributed by atoms with Crippen molar-refractivity contribution in [2.24, 2.45) is 0 Å². The summed E-state index contributed by atoms with van der Waals surface area (Å²) in [6.45, 7) is 2.70. The number of carbonyl (C=O) groups is 3. The molecule has 2 aliphatic rings. The number of alkyl halides is 6. The van der Waals surface area contributed by atoms with Crippen LogP contribution in [0.15, 0.2) is 24.5 Å². The minimum Gasteiger partial charge on any atom is -0.475 e. The maximum Gasteiger partial charge on any atom is 0.490 e. The molecule has 2 heterocycles. The van der Waals surface area contributed by atoms with E-state index in [2.05, 4.69) is 22.0 Å². The second-order valence-corrected chi connectivity index (χ2v) is 8.05. The maximum absolute atomic E-state index is 11.7. The van der Waals surface area contributed by atoms with Crippen molar-refractivity contribution in [3.63, 3.8) is 0 Å². The average Bonchev–Trinajstić information content (AvgIpc) is 3.22. The zero-order chi connectivity index (χ0) is 28.4. The van der Waals surface area contributed by atoms with Gasteiger partial charge in [0.2, 0.25) is 5.91 Å². The highest BCUT2D eigenvalue weighted by molar-refractivity contribution is 5.76. The van der Waals surface area contributed by atoms with Gasteiger partial charge in [-0.2, -0.15) is 26.3 Å². The predicted octanol–water partition coefficient (Wildman–Crippen LogP) is 2.18. The molecule has 2 fully saturated rings. The van der Waals surface area contributed by atoms with Crippen LogP contribution in [0.5, 0.6) is 0 Å². The second kappa shape index (κ2) is 14.1. The molecule has 210 valence electrons. The van der Waals surface area contributed by atoms with Crippen LogP contribution in [0.1, 0.15) is 18.4 Å². The van der Waals surface area contributed by atoms with Gasteiger partial charge in [0.15, 0.2) is 0 Å². The van der Waals surface area contributed by atoms with Crippen molar-refractivity contribution < 1.29 is 60.4 Å². The highest BCUT2D eigenvalue weighted by atomic mass is 19.4. The summed E-state index contributed by atoms with van der Waals surface area (Å²) in [6.07, 6.45) is -4.41. The normalized spacial score (nSPS) is 21.5. The number of hydrogen-bond acceptors (Lipinski definition) is 7. The minimum atomic E-state index is -5.08. The number of aromatic nitrogens is 1. The molecule has 1 saturated heterocycles. The van der Waals surface area contributed by atoms with E-state index < -0.39 is 24.3 Å². The Bertz CT molecular complexity index is 860. The SMILES string of the molecule is CN(C)C(=O)CO[C@@H]1CC[C@H]2[C@H]1OCCN2Cc1ccncc1.O=C(O)C(F)(F)F.O=C(O)C(F)(F)F. The Hall–Kier alpha value is -2.98. The van der Waals surface area contributed by atoms with E-state index in [0.717, 1.165) is 25.9 Å². The van der Waals surface area contributed by atoms with Crippen LogP contribution in [-0.4, -0.2) is 107 Å². The predicted molar refractivity (Wildman–Crippen MR) is 113 cm³/mol. The molecule has 0 bridgehead atoms. The monoisotopic (exact) mass is 547 g/mol. The molecular formula is C21H27F6N3O7. The fraction of sp³-hybridized carbons (Fsp3) is 0.619. The van der Waals surface area contributed by atoms with Gasteiger partial charge in [-0.15, -0.1) is 0 Å². The van der Waals surface area contributed by atoms with E-state index in [1.807, 2.05) is 12.4 Å². The lowest BCUT2D eigenvalue weighted by atomic mass is 10.1. The molecule has 37 heavy (non-hydrogen) atoms. The van der Waals surface area contributed by atoms with Gasteiger partial charge in [-0.1, -0.05) is 0 Å². The van der Waals surface area contributed by atoms with E-state index in [-0.39, 0.29) is 24.7 Å². The number of rotatable bonds is 5. The van der Waals surface area contributed by atoms with Crippen molar-refractivity contribution in [1.82, 2.24) is 14.8 Å². The van der Waals surface area contributed by atoms with Gasteiger partial charge in [0.05, 0.1) is 18.8 Å². The summed E-state index contributed by atoms with van der Waals surface area (Å²) in [6, 6.07) is 4.49. The minimum absolute atomic E-state index is 0.00194. The van der Waals surface area contributed by atoms with Crippen molar-refractivity contribution in [2.75, 3.05) is 33.9 Å². The number of carboxylic acid groups (broad SMARTS) is 2. The van der Waals surface area contributed by atoms with Gasteiger partial charge in [0.1, 0.15) is 6.61 Å². The average molecular weight is 547 g/mol. The Balaban J connectivity index is 0.000000404. The highest BCUT2D eigenvalue weighted by Gasteiger charge is 2.43. The van der Waals surface area contributed by atoms with Crippen LogP contribution in [0.4, 0.5) is 26.3 Å². The lowest BCUT2D eigenvalue weighted by Gasteiger charge is -2.39. The lowest BCUT2D eigenvalue weighted by molar-refractivity contribution is -0.193. The molecule has 2 N–H and O–H groups in total. The Labute approximate surface area is 207 Å². The Morgan fingerprint density at radius 1 is 1.05 bits per heavy atom. The number of nitrogens with zero attached hydrogens (tertiary/aromatic N) is 3. The molecule has 0 radical (unpaired) electrons. The zero-order valence-electron chi connectivity index (χ0n) is 19.8. The largest absolute Gasteiger partial charge is 0.490 e. The third-order valence-electron chi connectivity index (χ3n) is 5.19. The maximum atomic E-state index is 11.7. The first kappa shape index (κ1) is 32.0. The van der Waals surface area contributed by atoms with E-state index in [0.29, 0.717) is 12.6 Å². The standard InChI is InChI=1S/C17H25N3O3.2C2HF3O2/c1-19(2)16(21)12-23-15-4-3-14-17(15)22-10-9-20(14)11-13-5-7-18-8-6-13;2*3-2(4,5)1(6)7/h5-8,14-15,17H,3-4,9-12H2,1-2H3;2*(H,6,7)/t14-,15+,17+;;/m0../s1. The third kappa shape index (κ3) is 11.3. The summed E-state index contributed by atoms with van der Waals surface area (Å²) in [5.74, 6) is -5.52. The molecule has 1 aliphatic heterocycles. The summed E-state index contributed by atoms with van der Waals surface area (Å²) >= 11 is 0. The van der Waals surface area contributed by atoms with Crippen molar-refractivity contribution in [2.45, 2.75) is 50.0 Å². The van der Waals surface area contributed by atoms with Crippen molar-refractivity contribution in [3.05, 3.63) is 30.1 Å². The molecule has 3 rings (SSSR count). The van der Waals surface area contributed by atoms with Gasteiger partial charge in [-0.3, -0.25) is 14.7 Å². The van der Waals surface area contributed by atoms with E-state index in [1.54, 1.807) is 19.0 Å². The Kier molecular flexibility index (Phi) is 12.2. The van der Waals surface area contributed by atoms with E-state index >= 15 is 0 Å². The number of aliphatic carboxylic acids is 2. The molecule has 0 aromatic carbocycles. The first-order chi connectivity index (χ1) is 17.0. The summed E-state index contributed by atoms with van der Waals surface area (Å²) in [5.41, 5.74) is 1.27. The zero-order valence-corrected chi connectivity index (χ0v) is 19.8. The van der Waals surface area contributed by atoms with Crippen molar-refractivity contribution in [3.8, 4) is 0 Å². The van der Waals surface area contributed by atoms with Gasteiger partial charge in [-0.05, 0) is 30.5 Å². The summed E-state index contributed by atoms with van der Waals surface area (Å²) < 4.78 is 75.3. The Morgan fingerprint density at radius 2 is 1.57 bits per heavy atom. The molecule has 1 aromatic rings. The number of ether oxygens (including phenoxy) is 2. The third-order valence-corrected chi connectivity index (χ3v) is 5.19. The van der Waals surface area contributed by atoms with Gasteiger partial charge in [0.25, 0.3) is 0 Å². The van der Waals surface area contributed by atoms with E-state index in [1.165, 1.54) is 5.56 Å². The van der Waals surface area contributed by atoms with Gasteiger partial charge >= 0.3 is 24.3 Å². The highest BCUT2D eigenvalue weighted by Crippen LogP contribution is 2.33. The van der Waals surface area contributed by atoms with Crippen LogP contribution in [0.2, 0.25) is 0 Å². The molecule has 3 atom stereocenters. The van der Waals surface area contributed by atoms with Crippen LogP contribution in [0, 0.1) is 0 Å². The van der Waals surface area contributed by atoms with E-state index in [4.69, 9.17) is 29.3 Å². The quantitative estimate of drug-likeness (QED) is 0.533. The summed E-state index contributed by atoms with van der Waals surface area (Å²) in [5, 5.41) is 14.2. The molecular weight excluding hydrogens is 520 g/mol. The van der Waals surface area contributed by atoms with Crippen LogP contribution < -0.4 is 0 Å².